The summed E-state index contributed by atoms with van der Waals surface area (Å²) in [5.74, 6) is 0.931. The second-order valence-corrected chi connectivity index (χ2v) is 5.91. The van der Waals surface area contributed by atoms with E-state index in [9.17, 15) is 4.79 Å². The van der Waals surface area contributed by atoms with Crippen LogP contribution in [0.1, 0.15) is 25.5 Å². The molecule has 3 rings (SSSR count). The molecule has 0 spiro atoms. The third-order valence-corrected chi connectivity index (χ3v) is 4.12. The molecule has 0 atom stereocenters. The van der Waals surface area contributed by atoms with Crippen LogP contribution in [0.3, 0.4) is 0 Å². The molecule has 0 amide bonds. The predicted molar refractivity (Wildman–Crippen MR) is 90.0 cm³/mol. The highest BCUT2D eigenvalue weighted by Gasteiger charge is 2.12. The van der Waals surface area contributed by atoms with Crippen molar-refractivity contribution >= 4 is 22.5 Å². The zero-order valence-electron chi connectivity index (χ0n) is 12.7. The Hall–Kier alpha value is -2.20. The van der Waals surface area contributed by atoms with Crippen molar-refractivity contribution in [3.8, 4) is 17.1 Å². The molecule has 4 nitrogen and oxygen atoms in total. The van der Waals surface area contributed by atoms with Crippen LogP contribution in [0.25, 0.3) is 22.3 Å². The summed E-state index contributed by atoms with van der Waals surface area (Å²) < 4.78 is 5.21. The van der Waals surface area contributed by atoms with E-state index in [1.807, 2.05) is 12.1 Å². The zero-order chi connectivity index (χ0) is 15.9. The van der Waals surface area contributed by atoms with E-state index >= 15 is 0 Å². The molecule has 0 aliphatic heterocycles. The number of ether oxygens (including phenoxy) is 1. The maximum absolute atomic E-state index is 12.3. The third-order valence-electron chi connectivity index (χ3n) is 3.75. The average Bonchev–Trinajstić information content (AvgIpc) is 2.98. The number of pyridine rings is 1. The summed E-state index contributed by atoms with van der Waals surface area (Å²) in [7, 11) is 1.55. The highest BCUT2D eigenvalue weighted by atomic mass is 35.5. The fourth-order valence-corrected chi connectivity index (χ4v) is 2.76. The minimum atomic E-state index is -0.0750. The Balaban J connectivity index is 2.22. The molecule has 0 aliphatic carbocycles. The summed E-state index contributed by atoms with van der Waals surface area (Å²) in [5, 5.41) is 0.958. The van der Waals surface area contributed by atoms with Crippen molar-refractivity contribution < 1.29 is 4.74 Å². The van der Waals surface area contributed by atoms with E-state index in [0.717, 1.165) is 11.4 Å². The van der Waals surface area contributed by atoms with Gasteiger partial charge in [-0.3, -0.25) is 4.79 Å². The quantitative estimate of drug-likeness (QED) is 0.756. The first-order chi connectivity index (χ1) is 10.5. The lowest BCUT2D eigenvalue weighted by atomic mass is 10.1. The summed E-state index contributed by atoms with van der Waals surface area (Å²) in [5.41, 5.74) is 3.20. The van der Waals surface area contributed by atoms with Crippen molar-refractivity contribution in [1.82, 2.24) is 9.97 Å². The fourth-order valence-electron chi connectivity index (χ4n) is 2.47. The van der Waals surface area contributed by atoms with Crippen LogP contribution in [-0.4, -0.2) is 17.1 Å². The van der Waals surface area contributed by atoms with Crippen LogP contribution in [0.4, 0.5) is 0 Å². The second-order valence-electron chi connectivity index (χ2n) is 5.53. The maximum Gasteiger partial charge on any atom is 0.190 e. The highest BCUT2D eigenvalue weighted by Crippen LogP contribution is 2.31. The zero-order valence-corrected chi connectivity index (χ0v) is 13.4. The number of hydrogen-bond acceptors (Lipinski definition) is 2. The molecule has 2 N–H and O–H groups in total. The summed E-state index contributed by atoms with van der Waals surface area (Å²) >= 11 is 6.32. The number of hydrogen-bond donors (Lipinski definition) is 2. The van der Waals surface area contributed by atoms with Crippen molar-refractivity contribution in [2.45, 2.75) is 19.8 Å². The van der Waals surface area contributed by atoms with Gasteiger partial charge in [0.25, 0.3) is 0 Å². The molecule has 3 aromatic rings. The third kappa shape index (κ3) is 2.40. The SMILES string of the molecule is COc1ccc2c(=O)cc(-c3ccc(C(C)C)[nH]3)[nH]c2c1Cl. The smallest absolute Gasteiger partial charge is 0.190 e. The number of benzene rings is 1. The van der Waals surface area contributed by atoms with Crippen LogP contribution < -0.4 is 10.2 Å². The van der Waals surface area contributed by atoms with Crippen LogP contribution in [0.5, 0.6) is 5.75 Å². The van der Waals surface area contributed by atoms with E-state index in [-0.39, 0.29) is 5.43 Å². The maximum atomic E-state index is 12.3. The molecular formula is C17H17ClN2O2. The number of methoxy groups -OCH3 is 1. The molecule has 2 aromatic heterocycles. The summed E-state index contributed by atoms with van der Waals surface area (Å²) in [6.07, 6.45) is 0. The van der Waals surface area contributed by atoms with E-state index in [0.29, 0.717) is 33.3 Å². The summed E-state index contributed by atoms with van der Waals surface area (Å²) in [6.45, 7) is 4.22. The number of rotatable bonds is 3. The van der Waals surface area contributed by atoms with Gasteiger partial charge in [0.1, 0.15) is 10.8 Å². The molecular weight excluding hydrogens is 300 g/mol. The number of aromatic amines is 2. The van der Waals surface area contributed by atoms with Crippen LogP contribution in [0.2, 0.25) is 5.02 Å². The monoisotopic (exact) mass is 316 g/mol. The second kappa shape index (κ2) is 5.54. The van der Waals surface area contributed by atoms with E-state index in [1.165, 1.54) is 0 Å². The molecule has 0 fully saturated rings. The Kier molecular flexibility index (Phi) is 3.71. The molecule has 0 bridgehead atoms. The van der Waals surface area contributed by atoms with Gasteiger partial charge in [-0.2, -0.15) is 0 Å². The van der Waals surface area contributed by atoms with E-state index < -0.39 is 0 Å². The Morgan fingerprint density at radius 2 is 1.86 bits per heavy atom. The lowest BCUT2D eigenvalue weighted by Gasteiger charge is -2.08. The van der Waals surface area contributed by atoms with Crippen LogP contribution in [0, 0.1) is 0 Å². The number of nitrogens with one attached hydrogen (secondary N) is 2. The van der Waals surface area contributed by atoms with Crippen LogP contribution in [-0.2, 0) is 0 Å². The van der Waals surface area contributed by atoms with Crippen molar-refractivity contribution in [2.75, 3.05) is 7.11 Å². The largest absolute Gasteiger partial charge is 0.495 e. The molecule has 2 heterocycles. The van der Waals surface area contributed by atoms with Gasteiger partial charge < -0.3 is 14.7 Å². The minimum absolute atomic E-state index is 0.0750. The molecule has 5 heteroatoms. The van der Waals surface area contributed by atoms with Gasteiger partial charge in [0.15, 0.2) is 5.43 Å². The van der Waals surface area contributed by atoms with Crippen molar-refractivity contribution in [3.05, 3.63) is 51.3 Å². The average molecular weight is 317 g/mol. The number of fused-ring (bicyclic) bond motifs is 1. The molecule has 0 radical (unpaired) electrons. The van der Waals surface area contributed by atoms with Crippen molar-refractivity contribution in [2.24, 2.45) is 0 Å². The highest BCUT2D eigenvalue weighted by molar-refractivity contribution is 6.36. The van der Waals surface area contributed by atoms with Gasteiger partial charge in [0.2, 0.25) is 0 Å². The Bertz CT molecular complexity index is 893. The Morgan fingerprint density at radius 1 is 1.09 bits per heavy atom. The first kappa shape index (κ1) is 14.7. The molecule has 0 unspecified atom stereocenters. The summed E-state index contributed by atoms with van der Waals surface area (Å²) in [6, 6.07) is 8.99. The van der Waals surface area contributed by atoms with Gasteiger partial charge >= 0.3 is 0 Å². The molecule has 0 aliphatic rings. The van der Waals surface area contributed by atoms with Crippen LogP contribution in [0.15, 0.2) is 35.1 Å². The van der Waals surface area contributed by atoms with Gasteiger partial charge in [-0.1, -0.05) is 25.4 Å². The van der Waals surface area contributed by atoms with Gasteiger partial charge in [0.05, 0.1) is 24.0 Å². The molecule has 114 valence electrons. The fraction of sp³-hybridized carbons (Fsp3) is 0.235. The lowest BCUT2D eigenvalue weighted by Crippen LogP contribution is -2.04. The van der Waals surface area contributed by atoms with Crippen molar-refractivity contribution in [3.63, 3.8) is 0 Å². The lowest BCUT2D eigenvalue weighted by molar-refractivity contribution is 0.415. The summed E-state index contributed by atoms with van der Waals surface area (Å²) in [4.78, 5) is 18.9. The van der Waals surface area contributed by atoms with Gasteiger partial charge in [-0.15, -0.1) is 0 Å². The van der Waals surface area contributed by atoms with Gasteiger partial charge in [-0.05, 0) is 30.2 Å². The number of aromatic nitrogens is 2. The predicted octanol–water partition coefficient (Wildman–Crippen LogP) is 4.31. The first-order valence-electron chi connectivity index (χ1n) is 7.10. The van der Waals surface area contributed by atoms with Crippen LogP contribution >= 0.6 is 11.6 Å². The van der Waals surface area contributed by atoms with E-state index in [1.54, 1.807) is 25.3 Å². The van der Waals surface area contributed by atoms with E-state index in [2.05, 4.69) is 23.8 Å². The van der Waals surface area contributed by atoms with E-state index in [4.69, 9.17) is 16.3 Å². The Labute approximate surface area is 133 Å². The number of H-pyrrole nitrogens is 2. The Morgan fingerprint density at radius 3 is 2.50 bits per heavy atom. The minimum Gasteiger partial charge on any atom is -0.495 e. The topological polar surface area (TPSA) is 57.9 Å². The molecule has 22 heavy (non-hydrogen) atoms. The van der Waals surface area contributed by atoms with Gasteiger partial charge in [-0.25, -0.2) is 0 Å². The van der Waals surface area contributed by atoms with Gasteiger partial charge in [0, 0.05) is 17.1 Å². The first-order valence-corrected chi connectivity index (χ1v) is 7.48. The standard InChI is InChI=1S/C17H17ClN2O2/c1-9(2)11-5-6-12(19-11)13-8-14(21)10-4-7-15(22-3)16(18)17(10)20-13/h4-9,19H,1-3H3,(H,20,21). The van der Waals surface area contributed by atoms with Crippen molar-refractivity contribution in [1.29, 1.82) is 0 Å². The molecule has 1 aromatic carbocycles. The normalized spacial score (nSPS) is 11.3. The number of halogens is 1. The molecule has 0 saturated carbocycles. The molecule has 0 saturated heterocycles.